The van der Waals surface area contributed by atoms with Gasteiger partial charge in [0.05, 0.1) is 17.7 Å². The number of pyridine rings is 1. The van der Waals surface area contributed by atoms with Gasteiger partial charge in [0.2, 0.25) is 5.91 Å². The summed E-state index contributed by atoms with van der Waals surface area (Å²) < 4.78 is 10.9. The molecular formula is C20H23N3O3. The van der Waals surface area contributed by atoms with Crippen LogP contribution in [0, 0.1) is 5.41 Å². The third-order valence-corrected chi connectivity index (χ3v) is 5.30. The third-order valence-electron chi connectivity index (χ3n) is 5.30. The van der Waals surface area contributed by atoms with Gasteiger partial charge in [-0.05, 0) is 48.7 Å². The van der Waals surface area contributed by atoms with Crippen LogP contribution in [-0.2, 0) is 16.0 Å². The molecule has 1 saturated heterocycles. The highest BCUT2D eigenvalue weighted by Crippen LogP contribution is 2.32. The molecule has 4 rings (SSSR count). The van der Waals surface area contributed by atoms with Crippen molar-refractivity contribution in [1.29, 1.82) is 0 Å². The van der Waals surface area contributed by atoms with Gasteiger partial charge in [0.1, 0.15) is 11.6 Å². The first kappa shape index (κ1) is 17.0. The van der Waals surface area contributed by atoms with E-state index >= 15 is 0 Å². The normalized spacial score (nSPS) is 18.0. The highest BCUT2D eigenvalue weighted by atomic mass is 16.5. The van der Waals surface area contributed by atoms with Crippen molar-refractivity contribution in [2.75, 3.05) is 31.7 Å². The largest absolute Gasteiger partial charge is 0.493 e. The predicted octanol–water partition coefficient (Wildman–Crippen LogP) is 2.38. The molecule has 0 unspecified atom stereocenters. The number of anilines is 1. The van der Waals surface area contributed by atoms with Gasteiger partial charge in [-0.1, -0.05) is 6.07 Å². The molecule has 0 radical (unpaired) electrons. The first-order valence-corrected chi connectivity index (χ1v) is 9.03. The van der Waals surface area contributed by atoms with Crippen LogP contribution in [0.15, 0.2) is 36.4 Å². The number of benzene rings is 1. The quantitative estimate of drug-likeness (QED) is 0.881. The van der Waals surface area contributed by atoms with Crippen molar-refractivity contribution in [2.24, 2.45) is 11.1 Å². The molecule has 0 atom stereocenters. The van der Waals surface area contributed by atoms with Gasteiger partial charge < -0.3 is 20.5 Å². The molecule has 0 bridgehead atoms. The first-order chi connectivity index (χ1) is 12.7. The van der Waals surface area contributed by atoms with Crippen molar-refractivity contribution in [3.63, 3.8) is 0 Å². The summed E-state index contributed by atoms with van der Waals surface area (Å²) in [5, 5.41) is 2.96. The van der Waals surface area contributed by atoms with Crippen LogP contribution in [0.5, 0.6) is 5.75 Å². The molecule has 1 aromatic heterocycles. The summed E-state index contributed by atoms with van der Waals surface area (Å²) in [6.07, 6.45) is 2.19. The van der Waals surface area contributed by atoms with Crippen molar-refractivity contribution in [3.8, 4) is 17.0 Å². The lowest BCUT2D eigenvalue weighted by Gasteiger charge is -2.34. The number of nitrogens with zero attached hydrogens (tertiary/aromatic N) is 1. The molecule has 6 heteroatoms. The summed E-state index contributed by atoms with van der Waals surface area (Å²) in [7, 11) is 0. The van der Waals surface area contributed by atoms with Gasteiger partial charge >= 0.3 is 0 Å². The number of nitrogens with one attached hydrogen (secondary N) is 1. The Kier molecular flexibility index (Phi) is 4.61. The Morgan fingerprint density at radius 3 is 2.85 bits per heavy atom. The number of hydrogen-bond acceptors (Lipinski definition) is 5. The van der Waals surface area contributed by atoms with E-state index in [1.165, 1.54) is 5.56 Å². The van der Waals surface area contributed by atoms with E-state index in [2.05, 4.69) is 16.4 Å². The highest BCUT2D eigenvalue weighted by molar-refractivity contribution is 5.95. The topological polar surface area (TPSA) is 86.5 Å². The van der Waals surface area contributed by atoms with Crippen molar-refractivity contribution in [2.45, 2.75) is 19.3 Å². The smallest absolute Gasteiger partial charge is 0.233 e. The number of hydrogen-bond donors (Lipinski definition) is 2. The second-order valence-electron chi connectivity index (χ2n) is 6.88. The maximum absolute atomic E-state index is 12.8. The van der Waals surface area contributed by atoms with Gasteiger partial charge in [-0.2, -0.15) is 0 Å². The maximum Gasteiger partial charge on any atom is 0.233 e. The number of ether oxygens (including phenoxy) is 2. The summed E-state index contributed by atoms with van der Waals surface area (Å²) in [5.74, 6) is 1.42. The zero-order chi connectivity index (χ0) is 18.0. The van der Waals surface area contributed by atoms with E-state index in [1.54, 1.807) is 6.07 Å². The van der Waals surface area contributed by atoms with Gasteiger partial charge in [0, 0.05) is 31.7 Å². The van der Waals surface area contributed by atoms with E-state index in [1.807, 2.05) is 24.3 Å². The molecule has 0 spiro atoms. The van der Waals surface area contributed by atoms with Crippen molar-refractivity contribution >= 4 is 11.7 Å². The van der Waals surface area contributed by atoms with Crippen LogP contribution in [-0.4, -0.2) is 37.3 Å². The lowest BCUT2D eigenvalue weighted by molar-refractivity contribution is -0.130. The number of rotatable bonds is 4. The minimum Gasteiger partial charge on any atom is -0.493 e. The fourth-order valence-corrected chi connectivity index (χ4v) is 3.55. The SMILES string of the molecule is NCC1(C(=O)Nc2cccc(-c3ccc4c(c3)CCO4)n2)CCOCC1. The molecule has 1 amide bonds. The first-order valence-electron chi connectivity index (χ1n) is 9.03. The van der Waals surface area contributed by atoms with Crippen LogP contribution >= 0.6 is 0 Å². The second-order valence-corrected chi connectivity index (χ2v) is 6.88. The van der Waals surface area contributed by atoms with Gasteiger partial charge in [0.25, 0.3) is 0 Å². The molecule has 0 aliphatic carbocycles. The molecule has 1 fully saturated rings. The standard InChI is InChI=1S/C20H23N3O3/c21-13-20(7-10-25-11-8-20)19(24)23-18-3-1-2-16(22-18)14-4-5-17-15(12-14)6-9-26-17/h1-5,12H,6-11,13,21H2,(H,22,23,24). The van der Waals surface area contributed by atoms with Crippen LogP contribution in [0.1, 0.15) is 18.4 Å². The van der Waals surface area contributed by atoms with E-state index in [0.29, 0.717) is 38.4 Å². The number of amides is 1. The minimum atomic E-state index is -0.569. The molecule has 3 N–H and O–H groups in total. The highest BCUT2D eigenvalue weighted by Gasteiger charge is 2.39. The van der Waals surface area contributed by atoms with Crippen LogP contribution in [0.2, 0.25) is 0 Å². The summed E-state index contributed by atoms with van der Waals surface area (Å²) in [6.45, 7) is 2.17. The zero-order valence-electron chi connectivity index (χ0n) is 14.7. The lowest BCUT2D eigenvalue weighted by atomic mass is 9.79. The summed E-state index contributed by atoms with van der Waals surface area (Å²) in [4.78, 5) is 17.4. The number of nitrogens with two attached hydrogens (primary N) is 1. The third kappa shape index (κ3) is 3.18. The average molecular weight is 353 g/mol. The molecule has 1 aromatic carbocycles. The monoisotopic (exact) mass is 353 g/mol. The van der Waals surface area contributed by atoms with E-state index in [4.69, 9.17) is 15.2 Å². The van der Waals surface area contributed by atoms with Gasteiger partial charge in [-0.3, -0.25) is 4.79 Å². The predicted molar refractivity (Wildman–Crippen MR) is 99.0 cm³/mol. The van der Waals surface area contributed by atoms with Crippen LogP contribution in [0.4, 0.5) is 5.82 Å². The maximum atomic E-state index is 12.8. The number of carbonyl (C=O) groups is 1. The Hall–Kier alpha value is -2.44. The average Bonchev–Trinajstić information content (AvgIpc) is 3.16. The Morgan fingerprint density at radius 1 is 1.19 bits per heavy atom. The Bertz CT molecular complexity index is 816. The second kappa shape index (κ2) is 7.05. The number of aromatic nitrogens is 1. The molecule has 136 valence electrons. The molecule has 3 heterocycles. The van der Waals surface area contributed by atoms with Crippen LogP contribution in [0.3, 0.4) is 0 Å². The molecule has 26 heavy (non-hydrogen) atoms. The molecule has 2 aromatic rings. The molecule has 6 nitrogen and oxygen atoms in total. The van der Waals surface area contributed by atoms with E-state index in [0.717, 1.165) is 30.0 Å². The fraction of sp³-hybridized carbons (Fsp3) is 0.400. The van der Waals surface area contributed by atoms with E-state index < -0.39 is 5.41 Å². The van der Waals surface area contributed by atoms with Crippen molar-refractivity contribution in [1.82, 2.24) is 4.98 Å². The summed E-state index contributed by atoms with van der Waals surface area (Å²) in [5.41, 5.74) is 8.39. The van der Waals surface area contributed by atoms with E-state index in [-0.39, 0.29) is 5.91 Å². The number of fused-ring (bicyclic) bond motifs is 1. The minimum absolute atomic E-state index is 0.0738. The number of carbonyl (C=O) groups excluding carboxylic acids is 1. The van der Waals surface area contributed by atoms with E-state index in [9.17, 15) is 4.79 Å². The summed E-state index contributed by atoms with van der Waals surface area (Å²) >= 11 is 0. The van der Waals surface area contributed by atoms with Gasteiger partial charge in [-0.25, -0.2) is 4.98 Å². The fourth-order valence-electron chi connectivity index (χ4n) is 3.55. The Morgan fingerprint density at radius 2 is 2.04 bits per heavy atom. The van der Waals surface area contributed by atoms with Crippen molar-refractivity contribution in [3.05, 3.63) is 42.0 Å². The Labute approximate surface area is 152 Å². The molecular weight excluding hydrogens is 330 g/mol. The zero-order valence-corrected chi connectivity index (χ0v) is 14.7. The van der Waals surface area contributed by atoms with Crippen LogP contribution in [0.25, 0.3) is 11.3 Å². The molecule has 0 saturated carbocycles. The van der Waals surface area contributed by atoms with Gasteiger partial charge in [-0.15, -0.1) is 0 Å². The Balaban J connectivity index is 1.55. The molecule has 2 aliphatic heterocycles. The molecule has 2 aliphatic rings. The van der Waals surface area contributed by atoms with Crippen molar-refractivity contribution < 1.29 is 14.3 Å². The van der Waals surface area contributed by atoms with Gasteiger partial charge in [0.15, 0.2) is 0 Å². The summed E-state index contributed by atoms with van der Waals surface area (Å²) in [6, 6.07) is 11.7. The van der Waals surface area contributed by atoms with Crippen LogP contribution < -0.4 is 15.8 Å². The lowest BCUT2D eigenvalue weighted by Crippen LogP contribution is -2.46.